The van der Waals surface area contributed by atoms with Crippen molar-refractivity contribution in [1.29, 1.82) is 0 Å². The third kappa shape index (κ3) is 3.13. The molecule has 0 unspecified atom stereocenters. The summed E-state index contributed by atoms with van der Waals surface area (Å²) in [7, 11) is 0. The number of carbonyl (C=O) groups is 1. The van der Waals surface area contributed by atoms with Gasteiger partial charge in [0, 0.05) is 23.0 Å². The summed E-state index contributed by atoms with van der Waals surface area (Å²) in [5.41, 5.74) is 5.01. The van der Waals surface area contributed by atoms with Gasteiger partial charge in [-0.1, -0.05) is 51.9 Å². The van der Waals surface area contributed by atoms with Gasteiger partial charge >= 0.3 is 6.03 Å². The van der Waals surface area contributed by atoms with Gasteiger partial charge in [0.05, 0.1) is 0 Å². The first-order valence-electron chi connectivity index (χ1n) is 7.04. The van der Waals surface area contributed by atoms with Gasteiger partial charge in [-0.05, 0) is 0 Å². The predicted octanol–water partition coefficient (Wildman–Crippen LogP) is 3.47. The fraction of sp³-hybridized carbons (Fsp3) is 0.533. The fourth-order valence-corrected chi connectivity index (χ4v) is 1.79. The molecule has 0 saturated heterocycles. The van der Waals surface area contributed by atoms with Gasteiger partial charge in [-0.25, -0.2) is 9.69 Å². The van der Waals surface area contributed by atoms with Gasteiger partial charge in [0.15, 0.2) is 11.6 Å². The number of rotatable bonds is 2. The highest BCUT2D eigenvalue weighted by atomic mass is 16.5. The van der Waals surface area contributed by atoms with Crippen LogP contribution in [0.25, 0.3) is 0 Å². The summed E-state index contributed by atoms with van der Waals surface area (Å²) in [6.07, 6.45) is 0. The number of nitrogens with zero attached hydrogens (tertiary/aromatic N) is 3. The fourth-order valence-electron chi connectivity index (χ4n) is 1.79. The molecule has 0 atom stereocenters. The van der Waals surface area contributed by atoms with Gasteiger partial charge in [0.2, 0.25) is 0 Å². The van der Waals surface area contributed by atoms with Crippen LogP contribution in [0.2, 0.25) is 0 Å². The van der Waals surface area contributed by atoms with Crippen LogP contribution in [0.3, 0.4) is 0 Å². The molecule has 0 aromatic carbocycles. The normalized spacial score (nSPS) is 12.5. The van der Waals surface area contributed by atoms with Crippen LogP contribution in [-0.2, 0) is 10.8 Å². The van der Waals surface area contributed by atoms with Crippen LogP contribution < -0.4 is 10.6 Å². The Morgan fingerprint density at radius 2 is 1.32 bits per heavy atom. The van der Waals surface area contributed by atoms with Gasteiger partial charge < -0.3 is 14.8 Å². The monoisotopic (exact) mass is 306 g/mol. The smallest absolute Gasteiger partial charge is 0.326 e. The molecule has 2 amide bonds. The number of primary amides is 1. The van der Waals surface area contributed by atoms with Crippen molar-refractivity contribution >= 4 is 17.7 Å². The summed E-state index contributed by atoms with van der Waals surface area (Å²) in [6, 6.07) is 2.65. The Hall–Kier alpha value is -2.31. The lowest BCUT2D eigenvalue weighted by Crippen LogP contribution is -2.32. The molecule has 2 rings (SSSR count). The van der Waals surface area contributed by atoms with Crippen LogP contribution in [0.15, 0.2) is 21.2 Å². The van der Waals surface area contributed by atoms with Crippen molar-refractivity contribution in [2.24, 2.45) is 5.73 Å². The molecular weight excluding hydrogens is 284 g/mol. The topological polar surface area (TPSA) is 98.4 Å². The lowest BCUT2D eigenvalue weighted by atomic mass is 9.93. The molecule has 2 N–H and O–H groups in total. The number of urea groups is 1. The Morgan fingerprint density at radius 1 is 0.955 bits per heavy atom. The summed E-state index contributed by atoms with van der Waals surface area (Å²) in [6.45, 7) is 11.9. The van der Waals surface area contributed by atoms with E-state index < -0.39 is 6.03 Å². The number of nitrogens with two attached hydrogens (primary N) is 1. The van der Waals surface area contributed by atoms with E-state index in [2.05, 4.69) is 10.3 Å². The van der Waals surface area contributed by atoms with E-state index in [0.29, 0.717) is 11.5 Å². The van der Waals surface area contributed by atoms with Crippen molar-refractivity contribution in [2.75, 3.05) is 4.90 Å². The molecule has 0 fully saturated rings. The molecule has 0 saturated carbocycles. The molecule has 0 bridgehead atoms. The van der Waals surface area contributed by atoms with Crippen LogP contribution in [0, 0.1) is 0 Å². The van der Waals surface area contributed by atoms with E-state index in [9.17, 15) is 4.79 Å². The van der Waals surface area contributed by atoms with E-state index in [1.54, 1.807) is 12.1 Å². The van der Waals surface area contributed by atoms with Crippen molar-refractivity contribution in [3.63, 3.8) is 0 Å². The summed E-state index contributed by atoms with van der Waals surface area (Å²) in [5, 5.41) is 7.84. The Labute approximate surface area is 129 Å². The van der Waals surface area contributed by atoms with Gasteiger partial charge in [0.1, 0.15) is 11.5 Å². The van der Waals surface area contributed by atoms with E-state index in [4.69, 9.17) is 14.8 Å². The molecule has 0 spiro atoms. The second kappa shape index (κ2) is 5.15. The average molecular weight is 306 g/mol. The standard InChI is InChI=1S/C15H22N4O3/c1-14(2,3)9-7-11(17-21-9)19(13(16)20)12-8-10(22-18-12)15(4,5)6/h7-8H,1-6H3,(H2,16,20). The molecule has 0 radical (unpaired) electrons. The highest BCUT2D eigenvalue weighted by molar-refractivity contribution is 5.96. The molecule has 0 aliphatic heterocycles. The van der Waals surface area contributed by atoms with E-state index in [-0.39, 0.29) is 22.5 Å². The second-order valence-corrected chi connectivity index (χ2v) is 7.27. The summed E-state index contributed by atoms with van der Waals surface area (Å²) in [5.74, 6) is 1.86. The molecular formula is C15H22N4O3. The van der Waals surface area contributed by atoms with E-state index in [0.717, 1.165) is 4.90 Å². The first-order valence-corrected chi connectivity index (χ1v) is 7.04. The largest absolute Gasteiger partial charge is 0.359 e. The van der Waals surface area contributed by atoms with Gasteiger partial charge in [-0.3, -0.25) is 0 Å². The molecule has 7 heteroatoms. The number of carbonyl (C=O) groups excluding carboxylic acids is 1. The van der Waals surface area contributed by atoms with Crippen LogP contribution >= 0.6 is 0 Å². The second-order valence-electron chi connectivity index (χ2n) is 7.27. The van der Waals surface area contributed by atoms with E-state index in [1.807, 2.05) is 41.5 Å². The Bertz CT molecular complexity index is 621. The van der Waals surface area contributed by atoms with E-state index in [1.165, 1.54) is 0 Å². The predicted molar refractivity (Wildman–Crippen MR) is 82.1 cm³/mol. The number of hydrogen-bond acceptors (Lipinski definition) is 5. The van der Waals surface area contributed by atoms with Crippen LogP contribution in [-0.4, -0.2) is 16.3 Å². The van der Waals surface area contributed by atoms with Gasteiger partial charge in [-0.2, -0.15) is 0 Å². The molecule has 0 aliphatic carbocycles. The number of amides is 2. The lowest BCUT2D eigenvalue weighted by molar-refractivity contribution is 0.255. The van der Waals surface area contributed by atoms with Crippen LogP contribution in [0.1, 0.15) is 53.1 Å². The summed E-state index contributed by atoms with van der Waals surface area (Å²) >= 11 is 0. The maximum absolute atomic E-state index is 11.8. The van der Waals surface area contributed by atoms with Gasteiger partial charge in [0.25, 0.3) is 0 Å². The molecule has 2 aromatic rings. The third-order valence-corrected chi connectivity index (χ3v) is 3.15. The number of hydrogen-bond donors (Lipinski definition) is 1. The molecule has 7 nitrogen and oxygen atoms in total. The molecule has 22 heavy (non-hydrogen) atoms. The minimum absolute atomic E-state index is 0.227. The lowest BCUT2D eigenvalue weighted by Gasteiger charge is -2.14. The van der Waals surface area contributed by atoms with Crippen molar-refractivity contribution < 1.29 is 13.8 Å². The Kier molecular flexibility index (Phi) is 3.76. The Balaban J connectivity index is 2.41. The zero-order valence-corrected chi connectivity index (χ0v) is 13.8. The van der Waals surface area contributed by atoms with Gasteiger partial charge in [-0.15, -0.1) is 0 Å². The Morgan fingerprint density at radius 3 is 1.55 bits per heavy atom. The SMILES string of the molecule is CC(C)(C)c1cc(N(C(N)=O)c2cc(C(C)(C)C)on2)no1. The molecule has 120 valence electrons. The number of aromatic nitrogens is 2. The number of anilines is 2. The molecule has 0 aliphatic rings. The maximum Gasteiger partial charge on any atom is 0.326 e. The van der Waals surface area contributed by atoms with Crippen molar-refractivity contribution in [3.8, 4) is 0 Å². The highest BCUT2D eigenvalue weighted by Gasteiger charge is 2.28. The van der Waals surface area contributed by atoms with Crippen LogP contribution in [0.4, 0.5) is 16.4 Å². The van der Waals surface area contributed by atoms with Crippen molar-refractivity contribution in [3.05, 3.63) is 23.7 Å². The van der Waals surface area contributed by atoms with Crippen LogP contribution in [0.5, 0.6) is 0 Å². The minimum atomic E-state index is -0.706. The average Bonchev–Trinajstić information content (AvgIpc) is 2.95. The third-order valence-electron chi connectivity index (χ3n) is 3.15. The molecule has 2 heterocycles. The van der Waals surface area contributed by atoms with Crippen molar-refractivity contribution in [1.82, 2.24) is 10.3 Å². The quantitative estimate of drug-likeness (QED) is 0.915. The maximum atomic E-state index is 11.8. The van der Waals surface area contributed by atoms with Crippen molar-refractivity contribution in [2.45, 2.75) is 52.4 Å². The first kappa shape index (κ1) is 16.1. The summed E-state index contributed by atoms with van der Waals surface area (Å²) < 4.78 is 10.6. The van der Waals surface area contributed by atoms with E-state index >= 15 is 0 Å². The highest BCUT2D eigenvalue weighted by Crippen LogP contribution is 2.32. The molecule has 2 aromatic heterocycles. The zero-order valence-electron chi connectivity index (χ0n) is 13.8. The first-order chi connectivity index (χ1) is 10.00. The zero-order chi connectivity index (χ0) is 16.7. The minimum Gasteiger partial charge on any atom is -0.359 e. The summed E-state index contributed by atoms with van der Waals surface area (Å²) in [4.78, 5) is 13.0.